The first kappa shape index (κ1) is 15.1. The second-order valence-electron chi connectivity index (χ2n) is 5.64. The number of benzene rings is 1. The van der Waals surface area contributed by atoms with Gasteiger partial charge in [0.25, 0.3) is 0 Å². The van der Waals surface area contributed by atoms with Crippen LogP contribution in [0.15, 0.2) is 24.3 Å². The molecule has 5 heteroatoms. The number of rotatable bonds is 3. The van der Waals surface area contributed by atoms with Gasteiger partial charge in [0.05, 0.1) is 5.69 Å². The van der Waals surface area contributed by atoms with Crippen LogP contribution in [0.1, 0.15) is 31.9 Å². The second-order valence-corrected chi connectivity index (χ2v) is 6.07. The topological polar surface area (TPSA) is 55.0 Å². The fraction of sp³-hybridized carbons (Fsp3) is 0.412. The van der Waals surface area contributed by atoms with Crippen LogP contribution in [0.4, 0.5) is 11.8 Å². The highest BCUT2D eigenvalue weighted by Crippen LogP contribution is 2.34. The lowest BCUT2D eigenvalue weighted by Gasteiger charge is -2.30. The molecule has 1 aliphatic rings. The van der Waals surface area contributed by atoms with E-state index in [9.17, 15) is 0 Å². The van der Waals surface area contributed by atoms with Gasteiger partial charge in [0, 0.05) is 23.7 Å². The third-order valence-corrected chi connectivity index (χ3v) is 4.36. The maximum absolute atomic E-state index is 6.02. The lowest BCUT2D eigenvalue weighted by Crippen LogP contribution is -2.31. The minimum absolute atomic E-state index is 0.357. The van der Waals surface area contributed by atoms with Crippen molar-refractivity contribution in [1.82, 2.24) is 9.97 Å². The zero-order valence-corrected chi connectivity index (χ0v) is 13.6. The molecule has 116 valence electrons. The van der Waals surface area contributed by atoms with Gasteiger partial charge in [-0.1, -0.05) is 30.7 Å². The van der Waals surface area contributed by atoms with E-state index >= 15 is 0 Å². The molecule has 1 saturated heterocycles. The lowest BCUT2D eigenvalue weighted by molar-refractivity contribution is 0.573. The number of aromatic nitrogens is 2. The first-order valence-corrected chi connectivity index (χ1v) is 8.24. The highest BCUT2D eigenvalue weighted by atomic mass is 35.5. The summed E-state index contributed by atoms with van der Waals surface area (Å²) in [5.74, 6) is 1.32. The highest BCUT2D eigenvalue weighted by Gasteiger charge is 2.21. The molecular formula is C17H21ClN4. The molecule has 0 saturated carbocycles. The van der Waals surface area contributed by atoms with Gasteiger partial charge in [-0.25, -0.2) is 4.98 Å². The number of nitrogens with zero attached hydrogens (tertiary/aromatic N) is 3. The molecular weight excluding hydrogens is 296 g/mol. The van der Waals surface area contributed by atoms with Crippen LogP contribution in [0.5, 0.6) is 0 Å². The summed E-state index contributed by atoms with van der Waals surface area (Å²) < 4.78 is 0. The first-order chi connectivity index (χ1) is 10.7. The van der Waals surface area contributed by atoms with Gasteiger partial charge in [0.2, 0.25) is 5.95 Å². The van der Waals surface area contributed by atoms with Crippen LogP contribution in [0.25, 0.3) is 11.1 Å². The first-order valence-electron chi connectivity index (χ1n) is 7.86. The van der Waals surface area contributed by atoms with E-state index in [1.165, 1.54) is 19.3 Å². The molecule has 0 atom stereocenters. The maximum atomic E-state index is 6.02. The Balaban J connectivity index is 2.14. The molecule has 2 aromatic rings. The molecule has 2 N–H and O–H groups in total. The van der Waals surface area contributed by atoms with Crippen molar-refractivity contribution < 1.29 is 0 Å². The molecule has 4 nitrogen and oxygen atoms in total. The van der Waals surface area contributed by atoms with E-state index in [-0.39, 0.29) is 0 Å². The minimum atomic E-state index is 0.357. The molecule has 22 heavy (non-hydrogen) atoms. The van der Waals surface area contributed by atoms with Gasteiger partial charge in [-0.2, -0.15) is 4.98 Å². The van der Waals surface area contributed by atoms with E-state index in [1.807, 2.05) is 24.3 Å². The Hall–Kier alpha value is -1.81. The van der Waals surface area contributed by atoms with Crippen LogP contribution in [-0.4, -0.2) is 23.1 Å². The SMILES string of the molecule is CCc1nc(N)nc(N2CCCCC2)c1-c1ccc(Cl)cc1. The highest BCUT2D eigenvalue weighted by molar-refractivity contribution is 6.30. The zero-order valence-electron chi connectivity index (χ0n) is 12.8. The molecule has 0 radical (unpaired) electrons. The van der Waals surface area contributed by atoms with Gasteiger partial charge in [-0.15, -0.1) is 0 Å². The average molecular weight is 317 g/mol. The van der Waals surface area contributed by atoms with Crippen LogP contribution in [0.2, 0.25) is 5.02 Å². The summed E-state index contributed by atoms with van der Waals surface area (Å²) in [6.45, 7) is 4.15. The van der Waals surface area contributed by atoms with E-state index in [1.54, 1.807) is 0 Å². The summed E-state index contributed by atoms with van der Waals surface area (Å²) in [5.41, 5.74) is 9.13. The zero-order chi connectivity index (χ0) is 15.5. The number of anilines is 2. The standard InChI is InChI=1S/C17H21ClN4/c1-2-14-15(12-6-8-13(18)9-7-12)16(21-17(19)20-14)22-10-4-3-5-11-22/h6-9H,2-5,10-11H2,1H3,(H2,19,20,21). The normalized spacial score (nSPS) is 15.1. The predicted octanol–water partition coefficient (Wildman–Crippen LogP) is 3.93. The van der Waals surface area contributed by atoms with Crippen LogP contribution in [0, 0.1) is 0 Å². The summed E-state index contributed by atoms with van der Waals surface area (Å²) >= 11 is 6.02. The summed E-state index contributed by atoms with van der Waals surface area (Å²) in [6, 6.07) is 7.88. The molecule has 0 aliphatic carbocycles. The molecule has 1 aromatic carbocycles. The molecule has 0 amide bonds. The number of halogens is 1. The molecule has 0 bridgehead atoms. The third-order valence-electron chi connectivity index (χ3n) is 4.11. The Kier molecular flexibility index (Phi) is 4.48. The monoisotopic (exact) mass is 316 g/mol. The van der Waals surface area contributed by atoms with E-state index in [0.29, 0.717) is 5.95 Å². The van der Waals surface area contributed by atoms with Crippen molar-refractivity contribution in [1.29, 1.82) is 0 Å². The third kappa shape index (κ3) is 3.02. The molecule has 3 rings (SSSR count). The molecule has 1 aliphatic heterocycles. The molecule has 1 aromatic heterocycles. The number of aryl methyl sites for hydroxylation is 1. The molecule has 0 unspecified atom stereocenters. The summed E-state index contributed by atoms with van der Waals surface area (Å²) in [7, 11) is 0. The van der Waals surface area contributed by atoms with Gasteiger partial charge in [-0.3, -0.25) is 0 Å². The largest absolute Gasteiger partial charge is 0.368 e. The van der Waals surface area contributed by atoms with Gasteiger partial charge in [-0.05, 0) is 43.4 Å². The van der Waals surface area contributed by atoms with Gasteiger partial charge >= 0.3 is 0 Å². The quantitative estimate of drug-likeness (QED) is 0.932. The van der Waals surface area contributed by atoms with E-state index in [2.05, 4.69) is 21.8 Å². The second kappa shape index (κ2) is 6.53. The summed E-state index contributed by atoms with van der Waals surface area (Å²) in [4.78, 5) is 11.4. The predicted molar refractivity (Wildman–Crippen MR) is 92.3 cm³/mol. The van der Waals surface area contributed by atoms with Crippen molar-refractivity contribution in [3.8, 4) is 11.1 Å². The van der Waals surface area contributed by atoms with Crippen LogP contribution in [-0.2, 0) is 6.42 Å². The Morgan fingerprint density at radius 3 is 2.41 bits per heavy atom. The number of nitrogen functional groups attached to an aromatic ring is 1. The summed E-state index contributed by atoms with van der Waals surface area (Å²) in [5, 5.41) is 0.734. The number of piperidine rings is 1. The van der Waals surface area contributed by atoms with E-state index < -0.39 is 0 Å². The Morgan fingerprint density at radius 2 is 1.77 bits per heavy atom. The van der Waals surface area contributed by atoms with E-state index in [4.69, 9.17) is 17.3 Å². The van der Waals surface area contributed by atoms with Gasteiger partial charge in [0.15, 0.2) is 0 Å². The summed E-state index contributed by atoms with van der Waals surface area (Å²) in [6.07, 6.45) is 4.51. The van der Waals surface area contributed by atoms with Crippen LogP contribution < -0.4 is 10.6 Å². The van der Waals surface area contributed by atoms with Crippen molar-refractivity contribution in [2.45, 2.75) is 32.6 Å². The fourth-order valence-electron chi connectivity index (χ4n) is 3.02. The van der Waals surface area contributed by atoms with Crippen molar-refractivity contribution in [2.24, 2.45) is 0 Å². The average Bonchev–Trinajstić information content (AvgIpc) is 2.56. The number of nitrogens with two attached hydrogens (primary N) is 1. The number of hydrogen-bond donors (Lipinski definition) is 1. The van der Waals surface area contributed by atoms with Crippen molar-refractivity contribution >= 4 is 23.4 Å². The lowest BCUT2D eigenvalue weighted by atomic mass is 10.0. The maximum Gasteiger partial charge on any atom is 0.222 e. The van der Waals surface area contributed by atoms with Gasteiger partial charge in [0.1, 0.15) is 5.82 Å². The van der Waals surface area contributed by atoms with Crippen LogP contribution in [0.3, 0.4) is 0 Å². The van der Waals surface area contributed by atoms with Crippen LogP contribution >= 0.6 is 11.6 Å². The Bertz CT molecular complexity index is 648. The van der Waals surface area contributed by atoms with Crippen molar-refractivity contribution in [3.05, 3.63) is 35.0 Å². The van der Waals surface area contributed by atoms with Gasteiger partial charge < -0.3 is 10.6 Å². The molecule has 1 fully saturated rings. The van der Waals surface area contributed by atoms with Crippen molar-refractivity contribution in [3.63, 3.8) is 0 Å². The fourth-order valence-corrected chi connectivity index (χ4v) is 3.14. The molecule has 0 spiro atoms. The minimum Gasteiger partial charge on any atom is -0.368 e. The smallest absolute Gasteiger partial charge is 0.222 e. The Morgan fingerprint density at radius 1 is 1.09 bits per heavy atom. The molecule has 2 heterocycles. The number of hydrogen-bond acceptors (Lipinski definition) is 4. The Labute approximate surface area is 136 Å². The van der Waals surface area contributed by atoms with Crippen molar-refractivity contribution in [2.75, 3.05) is 23.7 Å². The van der Waals surface area contributed by atoms with E-state index in [0.717, 1.165) is 47.2 Å².